The quantitative estimate of drug-likeness (QED) is 0.243. The van der Waals surface area contributed by atoms with Gasteiger partial charge in [0.05, 0.1) is 36.0 Å². The number of aliphatic hydroxyl groups excluding tert-OH is 1. The number of hydrogen-bond acceptors (Lipinski definition) is 7. The first-order valence-corrected chi connectivity index (χ1v) is 16.5. The molecular weight excluding hydrogens is 639 g/mol. The highest BCUT2D eigenvalue weighted by molar-refractivity contribution is 6.02. The van der Waals surface area contributed by atoms with E-state index in [1.54, 1.807) is 36.4 Å². The Labute approximate surface area is 285 Å². The van der Waals surface area contributed by atoms with Gasteiger partial charge in [-0.15, -0.1) is 0 Å². The maximum absolute atomic E-state index is 14.3. The van der Waals surface area contributed by atoms with E-state index in [4.69, 9.17) is 9.47 Å². The number of nitrogens with one attached hydrogen (secondary N) is 2. The van der Waals surface area contributed by atoms with Gasteiger partial charge in [0, 0.05) is 55.9 Å². The molecule has 1 aliphatic heterocycles. The molecular formula is C36H46F3N5O5. The summed E-state index contributed by atoms with van der Waals surface area (Å²) in [6, 6.07) is 11.5. The Bertz CT molecular complexity index is 1510. The minimum Gasteiger partial charge on any atom is -0.490 e. The zero-order valence-electron chi connectivity index (χ0n) is 28.4. The zero-order chi connectivity index (χ0) is 35.6. The molecule has 266 valence electrons. The summed E-state index contributed by atoms with van der Waals surface area (Å²) in [5.41, 5.74) is 0.939. The minimum absolute atomic E-state index is 0.111. The maximum atomic E-state index is 14.3. The van der Waals surface area contributed by atoms with E-state index in [-0.39, 0.29) is 54.1 Å². The van der Waals surface area contributed by atoms with Crippen LogP contribution in [0.1, 0.15) is 61.5 Å². The Morgan fingerprint density at radius 2 is 1.73 bits per heavy atom. The number of rotatable bonds is 8. The van der Waals surface area contributed by atoms with E-state index in [1.807, 2.05) is 33.0 Å². The number of halogens is 3. The van der Waals surface area contributed by atoms with Gasteiger partial charge in [0.25, 0.3) is 5.91 Å². The van der Waals surface area contributed by atoms with Crippen molar-refractivity contribution in [3.63, 3.8) is 0 Å². The molecule has 4 rings (SSSR count). The van der Waals surface area contributed by atoms with Crippen LogP contribution in [0.4, 0.5) is 29.3 Å². The van der Waals surface area contributed by atoms with Gasteiger partial charge >= 0.3 is 12.2 Å². The van der Waals surface area contributed by atoms with Gasteiger partial charge in [-0.1, -0.05) is 6.92 Å². The normalized spacial score (nSPS) is 20.1. The van der Waals surface area contributed by atoms with E-state index in [1.165, 1.54) is 6.07 Å². The Hall–Kier alpha value is -4.20. The van der Waals surface area contributed by atoms with Crippen molar-refractivity contribution in [3.05, 3.63) is 83.7 Å². The fourth-order valence-electron chi connectivity index (χ4n) is 5.67. The molecule has 2 heterocycles. The number of carbonyl (C=O) groups excluding carboxylic acids is 2. The lowest BCUT2D eigenvalue weighted by Crippen LogP contribution is -2.47. The molecule has 13 heteroatoms. The number of aliphatic hydroxyl groups is 1. The fraction of sp³-hybridized carbons (Fsp3) is 0.472. The van der Waals surface area contributed by atoms with Crippen LogP contribution in [0.25, 0.3) is 0 Å². The minimum atomic E-state index is -4.49. The highest BCUT2D eigenvalue weighted by Gasteiger charge is 2.31. The molecule has 0 bridgehead atoms. The number of carbonyl (C=O) groups is 2. The molecule has 1 aromatic heterocycles. The summed E-state index contributed by atoms with van der Waals surface area (Å²) in [6.45, 7) is 7.63. The van der Waals surface area contributed by atoms with Crippen molar-refractivity contribution >= 4 is 23.3 Å². The van der Waals surface area contributed by atoms with Crippen molar-refractivity contribution in [1.82, 2.24) is 14.8 Å². The molecule has 4 atom stereocenters. The van der Waals surface area contributed by atoms with Gasteiger partial charge in [-0.3, -0.25) is 14.7 Å². The largest absolute Gasteiger partial charge is 0.490 e. The van der Waals surface area contributed by atoms with Crippen molar-refractivity contribution in [1.29, 1.82) is 0 Å². The predicted molar refractivity (Wildman–Crippen MR) is 182 cm³/mol. The van der Waals surface area contributed by atoms with Gasteiger partial charge in [0.15, 0.2) is 0 Å². The maximum Gasteiger partial charge on any atom is 0.416 e. The summed E-state index contributed by atoms with van der Waals surface area (Å²) < 4.78 is 51.5. The number of alkyl halides is 3. The van der Waals surface area contributed by atoms with Gasteiger partial charge in [-0.05, 0) is 100 Å². The second kappa shape index (κ2) is 17.5. The molecule has 10 nitrogen and oxygen atoms in total. The molecule has 3 aromatic rings. The number of hydrogen-bond donors (Lipinski definition) is 3. The summed E-state index contributed by atoms with van der Waals surface area (Å²) in [5, 5.41) is 15.4. The SMILES string of the molecule is C[C@@H]1CCCCO[C@H](CN(C)Cc2ccncc2)[C@@H](C)CN([C@H](C)CO)C(=O)c2cc(NC(=O)Nc3ccc(C(F)(F)F)cc3)ccc2O1. The van der Waals surface area contributed by atoms with Crippen LogP contribution in [0.2, 0.25) is 0 Å². The number of benzene rings is 2. The molecule has 3 amide bonds. The molecule has 1 aliphatic rings. The number of ether oxygens (including phenoxy) is 2. The van der Waals surface area contributed by atoms with E-state index >= 15 is 0 Å². The highest BCUT2D eigenvalue weighted by Crippen LogP contribution is 2.31. The van der Waals surface area contributed by atoms with Crippen molar-refractivity contribution < 1.29 is 37.3 Å². The number of anilines is 2. The number of fused-ring (bicyclic) bond motifs is 1. The van der Waals surface area contributed by atoms with Gasteiger partial charge < -0.3 is 30.1 Å². The summed E-state index contributed by atoms with van der Waals surface area (Å²) in [7, 11) is 2.03. The summed E-state index contributed by atoms with van der Waals surface area (Å²) in [5.74, 6) is -0.154. The lowest BCUT2D eigenvalue weighted by molar-refractivity contribution is -0.137. The summed E-state index contributed by atoms with van der Waals surface area (Å²) >= 11 is 0. The first-order chi connectivity index (χ1) is 23.3. The second-order valence-electron chi connectivity index (χ2n) is 12.7. The Balaban J connectivity index is 1.57. The Morgan fingerprint density at radius 3 is 2.41 bits per heavy atom. The Morgan fingerprint density at radius 1 is 1.06 bits per heavy atom. The first-order valence-electron chi connectivity index (χ1n) is 16.5. The molecule has 49 heavy (non-hydrogen) atoms. The summed E-state index contributed by atoms with van der Waals surface area (Å²) in [4.78, 5) is 35.0. The van der Waals surface area contributed by atoms with E-state index in [0.29, 0.717) is 25.4 Å². The third kappa shape index (κ3) is 11.2. The molecule has 0 aliphatic carbocycles. The van der Waals surface area contributed by atoms with E-state index < -0.39 is 23.8 Å². The molecule has 2 aromatic carbocycles. The van der Waals surface area contributed by atoms with Crippen LogP contribution in [0, 0.1) is 5.92 Å². The molecule has 0 unspecified atom stereocenters. The van der Waals surface area contributed by atoms with Crippen LogP contribution < -0.4 is 15.4 Å². The van der Waals surface area contributed by atoms with Gasteiger partial charge in [-0.25, -0.2) is 4.79 Å². The topological polar surface area (TPSA) is 116 Å². The molecule has 0 saturated heterocycles. The smallest absolute Gasteiger partial charge is 0.416 e. The van der Waals surface area contributed by atoms with E-state index in [9.17, 15) is 27.9 Å². The van der Waals surface area contributed by atoms with Crippen LogP contribution in [-0.4, -0.2) is 83.4 Å². The highest BCUT2D eigenvalue weighted by atomic mass is 19.4. The van der Waals surface area contributed by atoms with Gasteiger partial charge in [-0.2, -0.15) is 13.2 Å². The van der Waals surface area contributed by atoms with Gasteiger partial charge in [0.2, 0.25) is 0 Å². The number of urea groups is 1. The third-order valence-corrected chi connectivity index (χ3v) is 8.47. The summed E-state index contributed by atoms with van der Waals surface area (Å²) in [6.07, 6.45) is 1.03. The first kappa shape index (κ1) is 37.6. The van der Waals surface area contributed by atoms with Crippen LogP contribution in [0.5, 0.6) is 5.75 Å². The predicted octanol–water partition coefficient (Wildman–Crippen LogP) is 6.67. The van der Waals surface area contributed by atoms with E-state index in [2.05, 4.69) is 20.5 Å². The second-order valence-corrected chi connectivity index (χ2v) is 12.7. The van der Waals surface area contributed by atoms with Crippen molar-refractivity contribution in [2.45, 2.75) is 71.0 Å². The van der Waals surface area contributed by atoms with Crippen LogP contribution in [0.15, 0.2) is 67.0 Å². The zero-order valence-corrected chi connectivity index (χ0v) is 28.4. The molecule has 0 saturated carbocycles. The lowest BCUT2D eigenvalue weighted by atomic mass is 10.0. The average Bonchev–Trinajstić information content (AvgIpc) is 3.06. The Kier molecular flexibility index (Phi) is 13.4. The number of aromatic nitrogens is 1. The molecule has 0 fully saturated rings. The average molecular weight is 686 g/mol. The van der Waals surface area contributed by atoms with Crippen molar-refractivity contribution in [2.75, 3.05) is 44.0 Å². The number of amides is 3. The number of pyridine rings is 1. The molecule has 3 N–H and O–H groups in total. The van der Waals surface area contributed by atoms with Crippen LogP contribution >= 0.6 is 0 Å². The van der Waals surface area contributed by atoms with Gasteiger partial charge in [0.1, 0.15) is 5.75 Å². The number of likely N-dealkylation sites (N-methyl/N-ethyl adjacent to an activating group) is 1. The monoisotopic (exact) mass is 685 g/mol. The van der Waals surface area contributed by atoms with E-state index in [0.717, 1.165) is 49.1 Å². The van der Waals surface area contributed by atoms with Crippen LogP contribution in [0.3, 0.4) is 0 Å². The van der Waals surface area contributed by atoms with Crippen LogP contribution in [-0.2, 0) is 17.5 Å². The fourth-order valence-corrected chi connectivity index (χ4v) is 5.67. The standard InChI is InChI=1S/C36H46F3N5O5/c1-24-20-44(25(2)23-45)34(46)31-19-30(42-35(47)41-29-10-8-28(9-11-29)36(37,38)39)12-13-32(31)49-26(3)7-5-6-18-48-33(24)22-43(4)21-27-14-16-40-17-15-27/h8-17,19,24-26,33,45H,5-7,18,20-23H2,1-4H3,(H2,41,42,47)/t24-,25+,26+,33+/m0/s1. The third-order valence-electron chi connectivity index (χ3n) is 8.47. The van der Waals surface area contributed by atoms with Crippen molar-refractivity contribution in [3.8, 4) is 5.75 Å². The number of nitrogens with zero attached hydrogens (tertiary/aromatic N) is 3. The molecule has 0 radical (unpaired) electrons. The van der Waals surface area contributed by atoms with Crippen molar-refractivity contribution in [2.24, 2.45) is 5.92 Å². The lowest BCUT2D eigenvalue weighted by Gasteiger charge is -2.36. The molecule has 0 spiro atoms.